The Morgan fingerprint density at radius 3 is 2.58 bits per heavy atom. The number of carbonyl (C=O) groups excluding carboxylic acids is 1. The van der Waals surface area contributed by atoms with Crippen LogP contribution in [-0.2, 0) is 14.3 Å². The second-order valence-electron chi connectivity index (χ2n) is 2.89. The molecule has 0 amide bonds. The van der Waals surface area contributed by atoms with E-state index in [1.165, 1.54) is 0 Å². The molecular formula is C9H18O3. The molecule has 0 bridgehead atoms. The fraction of sp³-hybridized carbons (Fsp3) is 0.889. The van der Waals surface area contributed by atoms with Gasteiger partial charge in [0.2, 0.25) is 0 Å². The fourth-order valence-electron chi connectivity index (χ4n) is 0.997. The van der Waals surface area contributed by atoms with Crippen LogP contribution in [0.2, 0.25) is 0 Å². The van der Waals surface area contributed by atoms with E-state index in [2.05, 4.69) is 11.7 Å². The summed E-state index contributed by atoms with van der Waals surface area (Å²) in [5.41, 5.74) is 0. The smallest absolute Gasteiger partial charge is 0.295 e. The number of carbonyl (C=O) groups is 1. The molecule has 3 heteroatoms. The minimum Gasteiger partial charge on any atom is -0.438 e. The van der Waals surface area contributed by atoms with Crippen LogP contribution in [0.5, 0.6) is 0 Å². The van der Waals surface area contributed by atoms with Gasteiger partial charge in [-0.15, -0.1) is 0 Å². The molecule has 3 nitrogen and oxygen atoms in total. The molecule has 0 aliphatic carbocycles. The molecule has 72 valence electrons. The lowest BCUT2D eigenvalue weighted by Crippen LogP contribution is -2.19. The molecular weight excluding hydrogens is 156 g/mol. The first-order valence-electron chi connectivity index (χ1n) is 4.45. The highest BCUT2D eigenvalue weighted by molar-refractivity contribution is 5.37. The first kappa shape index (κ1) is 11.4. The van der Waals surface area contributed by atoms with Crippen molar-refractivity contribution in [3.63, 3.8) is 0 Å². The third kappa shape index (κ3) is 6.16. The van der Waals surface area contributed by atoms with Crippen LogP contribution in [0, 0.1) is 0 Å². The number of ether oxygens (including phenoxy) is 2. The van der Waals surface area contributed by atoms with Gasteiger partial charge in [0.15, 0.2) is 6.29 Å². The zero-order valence-electron chi connectivity index (χ0n) is 8.08. The molecule has 0 saturated heterocycles. The van der Waals surface area contributed by atoms with Crippen LogP contribution >= 0.6 is 0 Å². The summed E-state index contributed by atoms with van der Waals surface area (Å²) in [5, 5.41) is 0. The average molecular weight is 174 g/mol. The van der Waals surface area contributed by atoms with Gasteiger partial charge in [0.25, 0.3) is 6.47 Å². The molecule has 0 aromatic rings. The van der Waals surface area contributed by atoms with Gasteiger partial charge in [-0.3, -0.25) is 4.79 Å². The molecule has 0 N–H and O–H groups in total. The predicted octanol–water partition coefficient (Wildman–Crippen LogP) is 2.10. The fourth-order valence-corrected chi connectivity index (χ4v) is 0.997. The van der Waals surface area contributed by atoms with Gasteiger partial charge in [-0.1, -0.05) is 19.8 Å². The van der Waals surface area contributed by atoms with Crippen molar-refractivity contribution in [2.45, 2.75) is 52.4 Å². The number of rotatable bonds is 7. The van der Waals surface area contributed by atoms with Crippen LogP contribution in [0.4, 0.5) is 0 Å². The highest BCUT2D eigenvalue weighted by Gasteiger charge is 2.07. The van der Waals surface area contributed by atoms with Crippen molar-refractivity contribution in [3.05, 3.63) is 0 Å². The third-order valence-corrected chi connectivity index (χ3v) is 1.64. The summed E-state index contributed by atoms with van der Waals surface area (Å²) in [4.78, 5) is 9.91. The van der Waals surface area contributed by atoms with Crippen LogP contribution < -0.4 is 0 Å². The topological polar surface area (TPSA) is 35.5 Å². The molecule has 0 aliphatic rings. The maximum Gasteiger partial charge on any atom is 0.295 e. The Morgan fingerprint density at radius 1 is 1.42 bits per heavy atom. The summed E-state index contributed by atoms with van der Waals surface area (Å²) in [7, 11) is 0. The van der Waals surface area contributed by atoms with Crippen LogP contribution in [0.15, 0.2) is 0 Å². The number of unbranched alkanes of at least 4 members (excludes halogenated alkanes) is 1. The van der Waals surface area contributed by atoms with E-state index in [-0.39, 0.29) is 6.10 Å². The van der Waals surface area contributed by atoms with Gasteiger partial charge in [0, 0.05) is 0 Å². The molecule has 2 unspecified atom stereocenters. The van der Waals surface area contributed by atoms with Gasteiger partial charge in [-0.05, 0) is 20.3 Å². The molecule has 0 heterocycles. The van der Waals surface area contributed by atoms with E-state index >= 15 is 0 Å². The Morgan fingerprint density at radius 2 is 2.08 bits per heavy atom. The molecule has 0 rings (SSSR count). The maximum atomic E-state index is 9.91. The predicted molar refractivity (Wildman–Crippen MR) is 46.7 cm³/mol. The zero-order valence-corrected chi connectivity index (χ0v) is 8.08. The first-order chi connectivity index (χ1) is 5.70. The summed E-state index contributed by atoms with van der Waals surface area (Å²) in [5.74, 6) is 0. The normalized spacial score (nSPS) is 15.2. The zero-order chi connectivity index (χ0) is 9.40. The van der Waals surface area contributed by atoms with Crippen LogP contribution in [0.3, 0.4) is 0 Å². The van der Waals surface area contributed by atoms with E-state index in [1.54, 1.807) is 6.92 Å². The van der Waals surface area contributed by atoms with Gasteiger partial charge in [-0.25, -0.2) is 0 Å². The summed E-state index contributed by atoms with van der Waals surface area (Å²) >= 11 is 0. The van der Waals surface area contributed by atoms with Gasteiger partial charge < -0.3 is 9.47 Å². The number of hydrogen-bond acceptors (Lipinski definition) is 3. The van der Waals surface area contributed by atoms with Crippen LogP contribution in [0.25, 0.3) is 0 Å². The van der Waals surface area contributed by atoms with E-state index in [0.717, 1.165) is 19.3 Å². The second-order valence-corrected chi connectivity index (χ2v) is 2.89. The quantitative estimate of drug-likeness (QED) is 0.438. The largest absolute Gasteiger partial charge is 0.438 e. The van der Waals surface area contributed by atoms with Crippen LogP contribution in [0.1, 0.15) is 40.0 Å². The Labute approximate surface area is 74.0 Å². The van der Waals surface area contributed by atoms with E-state index < -0.39 is 6.29 Å². The monoisotopic (exact) mass is 174 g/mol. The SMILES string of the molecule is CCCCC(C)OC(C)OC=O. The average Bonchev–Trinajstić information content (AvgIpc) is 2.01. The van der Waals surface area contributed by atoms with Gasteiger partial charge >= 0.3 is 0 Å². The van der Waals surface area contributed by atoms with E-state index in [4.69, 9.17) is 4.74 Å². The molecule has 0 radical (unpaired) electrons. The lowest BCUT2D eigenvalue weighted by molar-refractivity contribution is -0.169. The highest BCUT2D eigenvalue weighted by Crippen LogP contribution is 2.06. The Bertz CT molecular complexity index is 114. The lowest BCUT2D eigenvalue weighted by atomic mass is 10.2. The van der Waals surface area contributed by atoms with Crippen molar-refractivity contribution < 1.29 is 14.3 Å². The van der Waals surface area contributed by atoms with E-state index in [9.17, 15) is 4.79 Å². The van der Waals surface area contributed by atoms with Crippen molar-refractivity contribution in [3.8, 4) is 0 Å². The molecule has 0 fully saturated rings. The third-order valence-electron chi connectivity index (χ3n) is 1.64. The van der Waals surface area contributed by atoms with E-state index in [1.807, 2.05) is 6.92 Å². The molecule has 0 aromatic carbocycles. The Hall–Kier alpha value is -0.570. The highest BCUT2D eigenvalue weighted by atomic mass is 16.7. The van der Waals surface area contributed by atoms with Crippen molar-refractivity contribution in [1.29, 1.82) is 0 Å². The Balaban J connectivity index is 3.39. The van der Waals surface area contributed by atoms with Crippen molar-refractivity contribution in [1.82, 2.24) is 0 Å². The van der Waals surface area contributed by atoms with Crippen molar-refractivity contribution in [2.75, 3.05) is 0 Å². The van der Waals surface area contributed by atoms with Crippen LogP contribution in [-0.4, -0.2) is 18.9 Å². The minimum absolute atomic E-state index is 0.167. The molecule has 0 saturated carbocycles. The molecule has 12 heavy (non-hydrogen) atoms. The number of hydrogen-bond donors (Lipinski definition) is 0. The molecule has 2 atom stereocenters. The summed E-state index contributed by atoms with van der Waals surface area (Å²) < 4.78 is 9.93. The standard InChI is InChI=1S/C9H18O3/c1-4-5-6-8(2)12-9(3)11-7-10/h7-9H,4-6H2,1-3H3. The molecule has 0 spiro atoms. The summed E-state index contributed by atoms with van der Waals surface area (Å²) in [6, 6.07) is 0. The summed E-state index contributed by atoms with van der Waals surface area (Å²) in [6.07, 6.45) is 3.07. The minimum atomic E-state index is -0.422. The van der Waals surface area contributed by atoms with Gasteiger partial charge in [0.05, 0.1) is 6.10 Å². The lowest BCUT2D eigenvalue weighted by Gasteiger charge is -2.16. The second kappa shape index (κ2) is 7.10. The summed E-state index contributed by atoms with van der Waals surface area (Å²) in [6.45, 7) is 6.26. The molecule has 0 aliphatic heterocycles. The van der Waals surface area contributed by atoms with E-state index in [0.29, 0.717) is 6.47 Å². The van der Waals surface area contributed by atoms with Gasteiger partial charge in [-0.2, -0.15) is 0 Å². The van der Waals surface area contributed by atoms with Gasteiger partial charge in [0.1, 0.15) is 0 Å². The van der Waals surface area contributed by atoms with Crippen molar-refractivity contribution >= 4 is 6.47 Å². The molecule has 0 aromatic heterocycles. The Kier molecular flexibility index (Phi) is 6.76. The maximum absolute atomic E-state index is 9.91. The van der Waals surface area contributed by atoms with Crippen molar-refractivity contribution in [2.24, 2.45) is 0 Å². The first-order valence-corrected chi connectivity index (χ1v) is 4.45.